The van der Waals surface area contributed by atoms with Gasteiger partial charge >= 0.3 is 5.97 Å². The molecule has 158 valence electrons. The van der Waals surface area contributed by atoms with Crippen molar-refractivity contribution in [3.05, 3.63) is 87.9 Å². The fourth-order valence-electron chi connectivity index (χ4n) is 3.91. The first-order valence-electron chi connectivity index (χ1n) is 9.58. The predicted octanol–water partition coefficient (Wildman–Crippen LogP) is 4.73. The maximum absolute atomic E-state index is 13.3. The van der Waals surface area contributed by atoms with Gasteiger partial charge in [-0.3, -0.25) is 4.79 Å². The molecule has 1 unspecified atom stereocenters. The second-order valence-electron chi connectivity index (χ2n) is 7.15. The molecule has 1 heterocycles. The highest BCUT2D eigenvalue weighted by molar-refractivity contribution is 6.30. The highest BCUT2D eigenvalue weighted by Gasteiger charge is 2.36. The van der Waals surface area contributed by atoms with E-state index in [1.807, 2.05) is 24.3 Å². The molecular weight excluding hydrogens is 418 g/mol. The van der Waals surface area contributed by atoms with Gasteiger partial charge in [0.1, 0.15) is 0 Å². The third-order valence-electron chi connectivity index (χ3n) is 5.39. The van der Waals surface area contributed by atoms with Gasteiger partial charge in [-0.25, -0.2) is 4.79 Å². The van der Waals surface area contributed by atoms with Gasteiger partial charge in [0.2, 0.25) is 5.91 Å². The Bertz CT molecular complexity index is 1140. The van der Waals surface area contributed by atoms with Gasteiger partial charge in [-0.05, 0) is 65.2 Å². The zero-order chi connectivity index (χ0) is 22.1. The first-order chi connectivity index (χ1) is 14.9. The summed E-state index contributed by atoms with van der Waals surface area (Å²) in [5.74, 6) is -0.00500. The summed E-state index contributed by atoms with van der Waals surface area (Å²) >= 11 is 6.09. The zero-order valence-corrected chi connectivity index (χ0v) is 17.7. The lowest BCUT2D eigenvalue weighted by atomic mass is 9.86. The van der Waals surface area contributed by atoms with E-state index >= 15 is 0 Å². The fourth-order valence-corrected chi connectivity index (χ4v) is 4.03. The molecule has 31 heavy (non-hydrogen) atoms. The molecule has 0 aliphatic carbocycles. The smallest absolute Gasteiger partial charge is 0.335 e. The largest absolute Gasteiger partial charge is 0.493 e. The van der Waals surface area contributed by atoms with E-state index in [1.54, 1.807) is 43.4 Å². The Balaban J connectivity index is 1.91. The topological polar surface area (TPSA) is 76.1 Å². The second kappa shape index (κ2) is 8.32. The van der Waals surface area contributed by atoms with Crippen molar-refractivity contribution in [3.8, 4) is 11.5 Å². The molecule has 0 bridgehead atoms. The van der Waals surface area contributed by atoms with Gasteiger partial charge in [0.05, 0.1) is 32.2 Å². The summed E-state index contributed by atoms with van der Waals surface area (Å²) in [4.78, 5) is 26.2. The SMILES string of the molecule is COc1cc2c(cc1OC)C(c1ccc(Cl)cc1)N(c1ccc(C(=O)O)cc1)C(=O)C2. The molecule has 7 heteroatoms. The highest BCUT2D eigenvalue weighted by atomic mass is 35.5. The molecule has 0 saturated carbocycles. The first kappa shape index (κ1) is 20.8. The molecule has 1 aliphatic heterocycles. The van der Waals surface area contributed by atoms with Gasteiger partial charge in [0, 0.05) is 10.7 Å². The Labute approximate surface area is 184 Å². The molecular formula is C24H20ClNO5. The molecule has 0 fully saturated rings. The Morgan fingerprint density at radius 2 is 1.61 bits per heavy atom. The summed E-state index contributed by atoms with van der Waals surface area (Å²) in [5.41, 5.74) is 3.38. The number of carboxylic acid groups (broad SMARTS) is 1. The van der Waals surface area contributed by atoms with E-state index < -0.39 is 12.0 Å². The van der Waals surface area contributed by atoms with E-state index in [9.17, 15) is 14.7 Å². The van der Waals surface area contributed by atoms with Crippen molar-refractivity contribution in [1.29, 1.82) is 0 Å². The molecule has 0 radical (unpaired) electrons. The van der Waals surface area contributed by atoms with Crippen molar-refractivity contribution in [2.45, 2.75) is 12.5 Å². The average molecular weight is 438 g/mol. The standard InChI is InChI=1S/C24H20ClNO5/c1-30-20-11-16-12-22(27)26(18-9-5-15(6-10-18)24(28)29)23(19(16)13-21(20)31-2)14-3-7-17(25)8-4-14/h3-11,13,23H,12H2,1-2H3,(H,28,29). The van der Waals surface area contributed by atoms with Crippen LogP contribution in [0.3, 0.4) is 0 Å². The summed E-state index contributed by atoms with van der Waals surface area (Å²) in [6.45, 7) is 0. The maximum Gasteiger partial charge on any atom is 0.335 e. The predicted molar refractivity (Wildman–Crippen MR) is 117 cm³/mol. The van der Waals surface area contributed by atoms with Crippen molar-refractivity contribution in [2.75, 3.05) is 19.1 Å². The van der Waals surface area contributed by atoms with Crippen molar-refractivity contribution in [3.63, 3.8) is 0 Å². The Morgan fingerprint density at radius 1 is 1.00 bits per heavy atom. The van der Waals surface area contributed by atoms with Gasteiger partial charge in [0.25, 0.3) is 0 Å². The van der Waals surface area contributed by atoms with Gasteiger partial charge in [-0.1, -0.05) is 23.7 Å². The van der Waals surface area contributed by atoms with Gasteiger partial charge in [-0.2, -0.15) is 0 Å². The second-order valence-corrected chi connectivity index (χ2v) is 7.59. The number of anilines is 1. The third-order valence-corrected chi connectivity index (χ3v) is 5.64. The van der Waals surface area contributed by atoms with Crippen LogP contribution in [0.1, 0.15) is 33.1 Å². The van der Waals surface area contributed by atoms with E-state index in [0.29, 0.717) is 22.2 Å². The van der Waals surface area contributed by atoms with Crippen LogP contribution in [0.25, 0.3) is 0 Å². The van der Waals surface area contributed by atoms with Crippen LogP contribution in [-0.2, 0) is 11.2 Å². The molecule has 1 amide bonds. The van der Waals surface area contributed by atoms with Gasteiger partial charge in [0.15, 0.2) is 11.5 Å². The monoisotopic (exact) mass is 437 g/mol. The molecule has 0 spiro atoms. The van der Waals surface area contributed by atoms with E-state index in [4.69, 9.17) is 21.1 Å². The third kappa shape index (κ3) is 3.82. The van der Waals surface area contributed by atoms with E-state index in [-0.39, 0.29) is 17.9 Å². The van der Waals surface area contributed by atoms with E-state index in [2.05, 4.69) is 0 Å². The summed E-state index contributed by atoms with van der Waals surface area (Å²) in [5, 5.41) is 9.81. The van der Waals surface area contributed by atoms with Gasteiger partial charge in [-0.15, -0.1) is 0 Å². The number of carboxylic acids is 1. The minimum Gasteiger partial charge on any atom is -0.493 e. The maximum atomic E-state index is 13.3. The number of aromatic carboxylic acids is 1. The van der Waals surface area contributed by atoms with Crippen LogP contribution < -0.4 is 14.4 Å². The number of hydrogen-bond acceptors (Lipinski definition) is 4. The lowest BCUT2D eigenvalue weighted by Gasteiger charge is -2.38. The molecule has 3 aromatic carbocycles. The molecule has 6 nitrogen and oxygen atoms in total. The molecule has 1 aliphatic rings. The number of ether oxygens (including phenoxy) is 2. The quantitative estimate of drug-likeness (QED) is 0.624. The number of carbonyl (C=O) groups excluding carboxylic acids is 1. The molecule has 0 aromatic heterocycles. The van der Waals surface area contributed by atoms with Crippen LogP contribution in [0.15, 0.2) is 60.7 Å². The molecule has 1 atom stereocenters. The summed E-state index contributed by atoms with van der Waals surface area (Å²) in [6.07, 6.45) is 0.181. The van der Waals surface area contributed by atoms with Crippen molar-refractivity contribution in [1.82, 2.24) is 0 Å². The summed E-state index contributed by atoms with van der Waals surface area (Å²) in [6, 6.07) is 16.9. The van der Waals surface area contributed by atoms with Crippen molar-refractivity contribution >= 4 is 29.2 Å². The number of fused-ring (bicyclic) bond motifs is 1. The normalized spacial score (nSPS) is 15.4. The van der Waals surface area contributed by atoms with E-state index in [1.165, 1.54) is 12.1 Å². The fraction of sp³-hybridized carbons (Fsp3) is 0.167. The van der Waals surface area contributed by atoms with Crippen LogP contribution in [0.4, 0.5) is 5.69 Å². The Hall–Kier alpha value is -3.51. The minimum absolute atomic E-state index is 0.109. The number of hydrogen-bond donors (Lipinski definition) is 1. The number of halogens is 1. The molecule has 4 rings (SSSR count). The first-order valence-corrected chi connectivity index (χ1v) is 9.96. The number of rotatable bonds is 5. The van der Waals surface area contributed by atoms with Crippen LogP contribution in [0, 0.1) is 0 Å². The number of nitrogens with zero attached hydrogens (tertiary/aromatic N) is 1. The molecule has 1 N–H and O–H groups in total. The number of benzene rings is 3. The minimum atomic E-state index is -1.02. The summed E-state index contributed by atoms with van der Waals surface area (Å²) < 4.78 is 10.9. The number of methoxy groups -OCH3 is 2. The highest BCUT2D eigenvalue weighted by Crippen LogP contribution is 2.43. The number of amides is 1. The van der Waals surface area contributed by atoms with Crippen LogP contribution in [0.5, 0.6) is 11.5 Å². The van der Waals surface area contributed by atoms with Crippen LogP contribution >= 0.6 is 11.6 Å². The van der Waals surface area contributed by atoms with Crippen molar-refractivity contribution in [2.24, 2.45) is 0 Å². The average Bonchev–Trinajstić information content (AvgIpc) is 2.78. The number of carbonyl (C=O) groups is 2. The lowest BCUT2D eigenvalue weighted by molar-refractivity contribution is -0.118. The zero-order valence-electron chi connectivity index (χ0n) is 17.0. The van der Waals surface area contributed by atoms with Crippen LogP contribution in [0.2, 0.25) is 5.02 Å². The van der Waals surface area contributed by atoms with Gasteiger partial charge < -0.3 is 19.5 Å². The Kier molecular flexibility index (Phi) is 5.57. The summed E-state index contributed by atoms with van der Waals surface area (Å²) in [7, 11) is 3.12. The van der Waals surface area contributed by atoms with Crippen molar-refractivity contribution < 1.29 is 24.2 Å². The molecule has 0 saturated heterocycles. The van der Waals surface area contributed by atoms with E-state index in [0.717, 1.165) is 16.7 Å². The Morgan fingerprint density at radius 3 is 2.19 bits per heavy atom. The molecule has 3 aromatic rings. The van der Waals surface area contributed by atoms with Crippen LogP contribution in [-0.4, -0.2) is 31.2 Å². The lowest BCUT2D eigenvalue weighted by Crippen LogP contribution is -2.41.